The summed E-state index contributed by atoms with van der Waals surface area (Å²) < 4.78 is 0. The Balaban J connectivity index is 1.46. The van der Waals surface area contributed by atoms with Crippen LogP contribution in [0.15, 0.2) is 35.4 Å². The van der Waals surface area contributed by atoms with Gasteiger partial charge in [-0.3, -0.25) is 9.59 Å². The first-order chi connectivity index (χ1) is 15.4. The lowest BCUT2D eigenvalue weighted by Crippen LogP contribution is -2.50. The number of aromatic nitrogens is 1. The second-order valence-electron chi connectivity index (χ2n) is 8.73. The van der Waals surface area contributed by atoms with Crippen LogP contribution in [0.1, 0.15) is 76.1 Å². The first-order valence-electron chi connectivity index (χ1n) is 11.1. The third kappa shape index (κ3) is 4.51. The molecule has 1 saturated heterocycles. The Kier molecular flexibility index (Phi) is 6.52. The number of nitriles is 1. The largest absolute Gasteiger partial charge is 0.335 e. The Morgan fingerprint density at radius 1 is 1.06 bits per heavy atom. The van der Waals surface area contributed by atoms with Gasteiger partial charge in [0.15, 0.2) is 0 Å². The number of carbonyl (C=O) groups is 2. The lowest BCUT2D eigenvalue weighted by molar-refractivity contribution is 0.0535. The summed E-state index contributed by atoms with van der Waals surface area (Å²) >= 11 is 1.40. The lowest BCUT2D eigenvalue weighted by Gasteiger charge is -2.35. The highest BCUT2D eigenvalue weighted by atomic mass is 32.2. The van der Waals surface area contributed by atoms with E-state index in [4.69, 9.17) is 0 Å². The summed E-state index contributed by atoms with van der Waals surface area (Å²) in [5.74, 6) is 0.674. The Hall–Kier alpha value is -2.85. The van der Waals surface area contributed by atoms with Gasteiger partial charge >= 0.3 is 0 Å². The van der Waals surface area contributed by atoms with Gasteiger partial charge in [0.05, 0.1) is 11.1 Å². The molecule has 1 aromatic carbocycles. The highest BCUT2D eigenvalue weighted by molar-refractivity contribution is 7.98. The molecule has 1 aliphatic heterocycles. The van der Waals surface area contributed by atoms with Gasteiger partial charge in [0.2, 0.25) is 0 Å². The van der Waals surface area contributed by atoms with Gasteiger partial charge in [-0.05, 0) is 48.8 Å². The van der Waals surface area contributed by atoms with E-state index in [1.165, 1.54) is 17.3 Å². The molecule has 1 aromatic heterocycles. The van der Waals surface area contributed by atoms with Crippen molar-refractivity contribution >= 4 is 23.6 Å². The maximum absolute atomic E-state index is 13.3. The molecule has 1 saturated carbocycles. The zero-order chi connectivity index (χ0) is 22.8. The molecule has 32 heavy (non-hydrogen) atoms. The standard InChI is InChI=1S/C25H28N4O2S/c1-16(2)17-4-8-19(9-5-17)24(30)28-10-12-29(13-11-28)25(31)20-14-22(18-6-7-18)27-23(32-3)21(20)15-26/h4-5,8-9,14,16,18H,6-7,10-13H2,1-3H3. The third-order valence-corrected chi connectivity index (χ3v) is 6.90. The number of thioether (sulfide) groups is 1. The van der Waals surface area contributed by atoms with Gasteiger partial charge in [0.1, 0.15) is 11.1 Å². The van der Waals surface area contributed by atoms with Gasteiger partial charge in [0, 0.05) is 43.4 Å². The minimum atomic E-state index is -0.144. The van der Waals surface area contributed by atoms with Crippen molar-refractivity contribution in [3.63, 3.8) is 0 Å². The number of benzene rings is 1. The number of nitrogens with zero attached hydrogens (tertiary/aromatic N) is 4. The quantitative estimate of drug-likeness (QED) is 0.638. The first-order valence-corrected chi connectivity index (χ1v) is 12.3. The number of hydrogen-bond acceptors (Lipinski definition) is 5. The minimum Gasteiger partial charge on any atom is -0.335 e. The Morgan fingerprint density at radius 3 is 2.16 bits per heavy atom. The number of carbonyl (C=O) groups excluding carboxylic acids is 2. The summed E-state index contributed by atoms with van der Waals surface area (Å²) in [5.41, 5.74) is 3.59. The molecule has 0 radical (unpaired) electrons. The SMILES string of the molecule is CSc1nc(C2CC2)cc(C(=O)N2CCN(C(=O)c3ccc(C(C)C)cc3)CC2)c1C#N. The Bertz CT molecular complexity index is 1060. The van der Waals surface area contributed by atoms with E-state index in [1.807, 2.05) is 36.6 Å². The molecule has 0 unspecified atom stereocenters. The van der Waals surface area contributed by atoms with Crippen LogP contribution >= 0.6 is 11.8 Å². The summed E-state index contributed by atoms with van der Waals surface area (Å²) in [6.45, 7) is 6.12. The van der Waals surface area contributed by atoms with Gasteiger partial charge in [-0.2, -0.15) is 5.26 Å². The van der Waals surface area contributed by atoms with Gasteiger partial charge in [-0.25, -0.2) is 4.98 Å². The number of piperazine rings is 1. The number of amides is 2. The van der Waals surface area contributed by atoms with Crippen molar-refractivity contribution in [2.45, 2.75) is 43.6 Å². The van der Waals surface area contributed by atoms with Crippen molar-refractivity contribution in [2.75, 3.05) is 32.4 Å². The first kappa shape index (κ1) is 22.3. The molecule has 2 fully saturated rings. The molecule has 6 nitrogen and oxygen atoms in total. The maximum Gasteiger partial charge on any atom is 0.255 e. The van der Waals surface area contributed by atoms with Crippen molar-refractivity contribution in [1.82, 2.24) is 14.8 Å². The fraction of sp³-hybridized carbons (Fsp3) is 0.440. The monoisotopic (exact) mass is 448 g/mol. The molecule has 2 aliphatic rings. The van der Waals surface area contributed by atoms with Gasteiger partial charge in [0.25, 0.3) is 11.8 Å². The van der Waals surface area contributed by atoms with Crippen LogP contribution in [0.3, 0.4) is 0 Å². The summed E-state index contributed by atoms with van der Waals surface area (Å²) in [5, 5.41) is 10.3. The fourth-order valence-electron chi connectivity index (χ4n) is 4.03. The lowest BCUT2D eigenvalue weighted by atomic mass is 10.0. The van der Waals surface area contributed by atoms with E-state index in [-0.39, 0.29) is 11.8 Å². The van der Waals surface area contributed by atoms with Crippen molar-refractivity contribution < 1.29 is 9.59 Å². The second-order valence-corrected chi connectivity index (χ2v) is 9.52. The van der Waals surface area contributed by atoms with Crippen LogP contribution in [0, 0.1) is 11.3 Å². The van der Waals surface area contributed by atoms with Crippen molar-refractivity contribution in [1.29, 1.82) is 5.26 Å². The summed E-state index contributed by atoms with van der Waals surface area (Å²) in [6, 6.07) is 11.8. The number of rotatable bonds is 5. The van der Waals surface area contributed by atoms with Crippen LogP contribution in [0.5, 0.6) is 0 Å². The van der Waals surface area contributed by atoms with Crippen LogP contribution in [-0.2, 0) is 0 Å². The third-order valence-electron chi connectivity index (χ3n) is 6.22. The predicted octanol–water partition coefficient (Wildman–Crippen LogP) is 4.27. The van der Waals surface area contributed by atoms with E-state index < -0.39 is 0 Å². The number of pyridine rings is 1. The molecule has 2 aromatic rings. The molecular formula is C25H28N4O2S. The minimum absolute atomic E-state index is 0.00489. The molecule has 7 heteroatoms. The van der Waals surface area contributed by atoms with Gasteiger partial charge < -0.3 is 9.80 Å². The fourth-order valence-corrected chi connectivity index (χ4v) is 4.59. The Labute approximate surface area is 193 Å². The molecule has 0 spiro atoms. The van der Waals surface area contributed by atoms with Crippen LogP contribution in [-0.4, -0.2) is 59.0 Å². The normalized spacial score (nSPS) is 16.2. The zero-order valence-electron chi connectivity index (χ0n) is 18.8. The predicted molar refractivity (Wildman–Crippen MR) is 125 cm³/mol. The second kappa shape index (κ2) is 9.33. The smallest absolute Gasteiger partial charge is 0.255 e. The zero-order valence-corrected chi connectivity index (χ0v) is 19.6. The average molecular weight is 449 g/mol. The number of hydrogen-bond donors (Lipinski definition) is 0. The van der Waals surface area contributed by atoms with E-state index in [2.05, 4.69) is 24.9 Å². The Morgan fingerprint density at radius 2 is 1.66 bits per heavy atom. The van der Waals surface area contributed by atoms with Crippen molar-refractivity contribution in [3.05, 3.63) is 58.3 Å². The maximum atomic E-state index is 13.3. The molecule has 4 rings (SSSR count). The molecule has 1 aliphatic carbocycles. The van der Waals surface area contributed by atoms with E-state index in [0.29, 0.717) is 59.7 Å². The van der Waals surface area contributed by atoms with Crippen LogP contribution < -0.4 is 0 Å². The molecule has 166 valence electrons. The van der Waals surface area contributed by atoms with Crippen LogP contribution in [0.25, 0.3) is 0 Å². The van der Waals surface area contributed by atoms with E-state index in [0.717, 1.165) is 18.5 Å². The summed E-state index contributed by atoms with van der Waals surface area (Å²) in [6.07, 6.45) is 4.05. The molecule has 2 heterocycles. The van der Waals surface area contributed by atoms with Gasteiger partial charge in [-0.1, -0.05) is 26.0 Å². The van der Waals surface area contributed by atoms with E-state index in [1.54, 1.807) is 9.80 Å². The molecular weight excluding hydrogens is 420 g/mol. The van der Waals surface area contributed by atoms with Gasteiger partial charge in [-0.15, -0.1) is 11.8 Å². The molecule has 0 bridgehead atoms. The molecule has 0 atom stereocenters. The van der Waals surface area contributed by atoms with E-state index in [9.17, 15) is 14.9 Å². The molecule has 0 N–H and O–H groups in total. The summed E-state index contributed by atoms with van der Waals surface area (Å²) in [4.78, 5) is 34.4. The van der Waals surface area contributed by atoms with Crippen molar-refractivity contribution in [2.24, 2.45) is 0 Å². The van der Waals surface area contributed by atoms with E-state index >= 15 is 0 Å². The summed E-state index contributed by atoms with van der Waals surface area (Å²) in [7, 11) is 0. The average Bonchev–Trinajstić information content (AvgIpc) is 3.68. The highest BCUT2D eigenvalue weighted by Crippen LogP contribution is 2.40. The van der Waals surface area contributed by atoms with Crippen LogP contribution in [0.4, 0.5) is 0 Å². The van der Waals surface area contributed by atoms with Crippen LogP contribution in [0.2, 0.25) is 0 Å². The highest BCUT2D eigenvalue weighted by Gasteiger charge is 2.31. The van der Waals surface area contributed by atoms with Crippen molar-refractivity contribution in [3.8, 4) is 6.07 Å². The topological polar surface area (TPSA) is 77.3 Å². The molecule has 2 amide bonds.